The van der Waals surface area contributed by atoms with E-state index in [0.717, 1.165) is 44.0 Å². The molecule has 3 rings (SSSR count). The van der Waals surface area contributed by atoms with Crippen LogP contribution in [0.2, 0.25) is 0 Å². The van der Waals surface area contributed by atoms with Gasteiger partial charge in [-0.25, -0.2) is 4.98 Å². The van der Waals surface area contributed by atoms with Crippen LogP contribution < -0.4 is 0 Å². The van der Waals surface area contributed by atoms with Gasteiger partial charge in [-0.15, -0.1) is 11.3 Å². The van der Waals surface area contributed by atoms with Crippen LogP contribution in [0.5, 0.6) is 0 Å². The highest BCUT2D eigenvalue weighted by Gasteiger charge is 2.12. The van der Waals surface area contributed by atoms with Gasteiger partial charge in [0.25, 0.3) is 0 Å². The van der Waals surface area contributed by atoms with Crippen LogP contribution >= 0.6 is 23.1 Å². The highest BCUT2D eigenvalue weighted by molar-refractivity contribution is 8.00. The quantitative estimate of drug-likeness (QED) is 0.440. The van der Waals surface area contributed by atoms with Crippen molar-refractivity contribution in [2.45, 2.75) is 37.3 Å². The van der Waals surface area contributed by atoms with Crippen LogP contribution in [-0.4, -0.2) is 11.3 Å². The van der Waals surface area contributed by atoms with E-state index in [-0.39, 0.29) is 0 Å². The highest BCUT2D eigenvalue weighted by Crippen LogP contribution is 2.33. The average Bonchev–Trinajstić information content (AvgIpc) is 3.10. The Hall–Kier alpha value is -1.85. The maximum atomic E-state index is 10.7. The Balaban J connectivity index is 1.73. The maximum absolute atomic E-state index is 10.7. The molecule has 24 heavy (non-hydrogen) atoms. The minimum absolute atomic E-state index is 0.451. The van der Waals surface area contributed by atoms with Crippen molar-refractivity contribution in [1.29, 1.82) is 0 Å². The summed E-state index contributed by atoms with van der Waals surface area (Å²) < 4.78 is 6.92. The van der Waals surface area contributed by atoms with Gasteiger partial charge in [0, 0.05) is 28.2 Å². The molecule has 0 spiro atoms. The monoisotopic (exact) mass is 357 g/mol. The first-order chi connectivity index (χ1) is 11.6. The molecule has 0 amide bonds. The molecule has 0 saturated heterocycles. The van der Waals surface area contributed by atoms with Gasteiger partial charge in [-0.2, -0.15) is 0 Å². The molecule has 5 heteroatoms. The van der Waals surface area contributed by atoms with Crippen LogP contribution in [0, 0.1) is 20.8 Å². The molecule has 124 valence electrons. The predicted molar refractivity (Wildman–Crippen MR) is 99.8 cm³/mol. The Morgan fingerprint density at radius 1 is 1.21 bits per heavy atom. The summed E-state index contributed by atoms with van der Waals surface area (Å²) >= 11 is 3.29. The number of carbonyl (C=O) groups is 1. The topological polar surface area (TPSA) is 43.1 Å². The van der Waals surface area contributed by atoms with Gasteiger partial charge in [-0.1, -0.05) is 41.6 Å². The summed E-state index contributed by atoms with van der Waals surface area (Å²) in [6.07, 6.45) is 1.38. The zero-order chi connectivity index (χ0) is 17.1. The van der Waals surface area contributed by atoms with E-state index in [0.29, 0.717) is 6.42 Å². The lowest BCUT2D eigenvalue weighted by Gasteiger charge is -1.96. The number of aromatic nitrogens is 1. The molecule has 2 heterocycles. The Morgan fingerprint density at radius 3 is 2.67 bits per heavy atom. The molecular weight excluding hydrogens is 338 g/mol. The number of benzene rings is 1. The fraction of sp³-hybridized carbons (Fsp3) is 0.263. The summed E-state index contributed by atoms with van der Waals surface area (Å²) in [6, 6.07) is 10.5. The minimum atomic E-state index is 0.451. The third-order valence-corrected chi connectivity index (χ3v) is 6.22. The van der Waals surface area contributed by atoms with E-state index in [4.69, 9.17) is 4.42 Å². The number of thiazole rings is 1. The van der Waals surface area contributed by atoms with E-state index < -0.39 is 0 Å². The van der Waals surface area contributed by atoms with Gasteiger partial charge in [-0.3, -0.25) is 0 Å². The van der Waals surface area contributed by atoms with Crippen LogP contribution in [0.4, 0.5) is 0 Å². The van der Waals surface area contributed by atoms with Gasteiger partial charge in [-0.05, 0) is 26.8 Å². The fourth-order valence-electron chi connectivity index (χ4n) is 2.39. The lowest BCUT2D eigenvalue weighted by Crippen LogP contribution is -1.83. The maximum Gasteiger partial charge on any atom is 0.150 e. The molecule has 0 aliphatic heterocycles. The first-order valence-electron chi connectivity index (χ1n) is 7.76. The summed E-state index contributed by atoms with van der Waals surface area (Å²) in [5, 5.41) is 0. The van der Waals surface area contributed by atoms with Crippen molar-refractivity contribution in [3.63, 3.8) is 0 Å². The average molecular weight is 358 g/mol. The third-order valence-electron chi connectivity index (χ3n) is 3.85. The van der Waals surface area contributed by atoms with Crippen molar-refractivity contribution in [2.75, 3.05) is 0 Å². The predicted octanol–water partition coefficient (Wildman–Crippen LogP) is 5.36. The second kappa shape index (κ2) is 7.36. The second-order valence-electron chi connectivity index (χ2n) is 5.71. The molecule has 0 aliphatic carbocycles. The van der Waals surface area contributed by atoms with Gasteiger partial charge in [0.05, 0.1) is 5.69 Å². The number of furan rings is 1. The van der Waals surface area contributed by atoms with Gasteiger partial charge in [0.1, 0.15) is 17.8 Å². The van der Waals surface area contributed by atoms with Crippen LogP contribution in [0.1, 0.15) is 27.5 Å². The van der Waals surface area contributed by atoms with Crippen molar-refractivity contribution in [2.24, 2.45) is 0 Å². The lowest BCUT2D eigenvalue weighted by atomic mass is 10.1. The summed E-state index contributed by atoms with van der Waals surface area (Å²) in [5.74, 6) is 2.66. The third kappa shape index (κ3) is 3.79. The van der Waals surface area contributed by atoms with Crippen molar-refractivity contribution in [3.05, 3.63) is 57.8 Å². The Morgan fingerprint density at radius 2 is 1.96 bits per heavy atom. The van der Waals surface area contributed by atoms with Gasteiger partial charge >= 0.3 is 0 Å². The van der Waals surface area contributed by atoms with E-state index in [1.54, 1.807) is 23.1 Å². The van der Waals surface area contributed by atoms with Crippen LogP contribution in [0.25, 0.3) is 11.3 Å². The number of rotatable bonds is 6. The number of aryl methyl sites for hydroxylation is 3. The number of hydrogen-bond donors (Lipinski definition) is 0. The Bertz CT molecular complexity index is 847. The fourth-order valence-corrected chi connectivity index (χ4v) is 4.61. The SMILES string of the molecule is Cc1ccc(-c2cc(CSc3nc(C)c(CC=O)s3)c(C)o2)cc1. The summed E-state index contributed by atoms with van der Waals surface area (Å²) in [7, 11) is 0. The highest BCUT2D eigenvalue weighted by atomic mass is 32.2. The molecular formula is C19H19NO2S2. The van der Waals surface area contributed by atoms with Gasteiger partial charge in [0.15, 0.2) is 4.34 Å². The lowest BCUT2D eigenvalue weighted by molar-refractivity contribution is -0.107. The minimum Gasteiger partial charge on any atom is -0.461 e. The molecule has 3 nitrogen and oxygen atoms in total. The molecule has 0 atom stereocenters. The van der Waals surface area contributed by atoms with E-state index in [9.17, 15) is 4.79 Å². The largest absolute Gasteiger partial charge is 0.461 e. The summed E-state index contributed by atoms with van der Waals surface area (Å²) in [4.78, 5) is 16.3. The van der Waals surface area contributed by atoms with Crippen molar-refractivity contribution in [1.82, 2.24) is 4.98 Å². The number of nitrogens with zero attached hydrogens (tertiary/aromatic N) is 1. The molecule has 0 N–H and O–H groups in total. The van der Waals surface area contributed by atoms with E-state index in [1.165, 1.54) is 11.1 Å². The number of carbonyl (C=O) groups excluding carboxylic acids is 1. The molecule has 0 radical (unpaired) electrons. The van der Waals surface area contributed by atoms with Gasteiger partial charge in [0.2, 0.25) is 0 Å². The van der Waals surface area contributed by atoms with E-state index in [2.05, 4.69) is 42.2 Å². The Kier molecular flexibility index (Phi) is 5.21. The van der Waals surface area contributed by atoms with Crippen molar-refractivity contribution in [3.8, 4) is 11.3 Å². The van der Waals surface area contributed by atoms with Gasteiger partial charge < -0.3 is 9.21 Å². The molecule has 0 saturated carbocycles. The van der Waals surface area contributed by atoms with Crippen LogP contribution in [0.3, 0.4) is 0 Å². The Labute approximate surface area is 150 Å². The number of thioether (sulfide) groups is 1. The zero-order valence-electron chi connectivity index (χ0n) is 14.0. The van der Waals surface area contributed by atoms with Crippen molar-refractivity contribution >= 4 is 29.4 Å². The van der Waals surface area contributed by atoms with Crippen LogP contribution in [-0.2, 0) is 17.0 Å². The smallest absolute Gasteiger partial charge is 0.150 e. The standard InChI is InChI=1S/C19H19NO2S2/c1-12-4-6-15(7-5-12)17-10-16(14(3)22-17)11-23-19-20-13(2)18(24-19)8-9-21/h4-7,9-10H,8,11H2,1-3H3. The molecule has 0 unspecified atom stereocenters. The molecule has 3 aromatic rings. The summed E-state index contributed by atoms with van der Waals surface area (Å²) in [5.41, 5.74) is 4.47. The number of hydrogen-bond acceptors (Lipinski definition) is 5. The van der Waals surface area contributed by atoms with E-state index >= 15 is 0 Å². The van der Waals surface area contributed by atoms with Crippen molar-refractivity contribution < 1.29 is 9.21 Å². The number of aldehydes is 1. The molecule has 2 aromatic heterocycles. The summed E-state index contributed by atoms with van der Waals surface area (Å²) in [6.45, 7) is 6.03. The molecule has 0 aliphatic rings. The normalized spacial score (nSPS) is 11.0. The molecule has 1 aromatic carbocycles. The molecule has 0 bridgehead atoms. The second-order valence-corrected chi connectivity index (χ2v) is 8.01. The zero-order valence-corrected chi connectivity index (χ0v) is 15.6. The van der Waals surface area contributed by atoms with E-state index in [1.807, 2.05) is 13.8 Å². The first-order valence-corrected chi connectivity index (χ1v) is 9.56. The first kappa shape index (κ1) is 17.0. The van der Waals surface area contributed by atoms with Crippen LogP contribution in [0.15, 0.2) is 39.1 Å². The molecule has 0 fully saturated rings.